The van der Waals surface area contributed by atoms with Gasteiger partial charge in [-0.15, -0.1) is 0 Å². The largest absolute Gasteiger partial charge is 0.507 e. The number of hydrogen-bond donors (Lipinski definition) is 1. The van der Waals surface area contributed by atoms with Gasteiger partial charge in [-0.1, -0.05) is 52.5 Å². The van der Waals surface area contributed by atoms with E-state index < -0.39 is 0 Å². The Morgan fingerprint density at radius 2 is 1.70 bits per heavy atom. The molecule has 2 aromatic carbocycles. The third-order valence-electron chi connectivity index (χ3n) is 4.70. The SMILES string of the molecule is C.CCc1c(C)nc(-c2ccccc2O)n(-c2ccc(C(C)C)cc2)c1=O. The molecular weight excluding hydrogens is 336 g/mol. The van der Waals surface area contributed by atoms with Gasteiger partial charge in [-0.05, 0) is 49.1 Å². The number of nitrogens with zero attached hydrogens (tertiary/aromatic N) is 2. The summed E-state index contributed by atoms with van der Waals surface area (Å²) in [6.45, 7) is 8.07. The van der Waals surface area contributed by atoms with Crippen molar-refractivity contribution in [3.05, 3.63) is 75.7 Å². The van der Waals surface area contributed by atoms with E-state index in [1.54, 1.807) is 22.8 Å². The molecular formula is C23H28N2O2. The van der Waals surface area contributed by atoms with Crippen LogP contribution in [0.2, 0.25) is 0 Å². The highest BCUT2D eigenvalue weighted by atomic mass is 16.3. The van der Waals surface area contributed by atoms with Gasteiger partial charge >= 0.3 is 0 Å². The quantitative estimate of drug-likeness (QED) is 0.689. The van der Waals surface area contributed by atoms with Crippen LogP contribution in [0, 0.1) is 6.92 Å². The lowest BCUT2D eigenvalue weighted by molar-refractivity contribution is 0.476. The highest BCUT2D eigenvalue weighted by Gasteiger charge is 2.18. The van der Waals surface area contributed by atoms with E-state index in [1.165, 1.54) is 5.56 Å². The first kappa shape index (κ1) is 20.4. The Morgan fingerprint density at radius 1 is 1.07 bits per heavy atom. The number of benzene rings is 2. The summed E-state index contributed by atoms with van der Waals surface area (Å²) in [4.78, 5) is 17.9. The van der Waals surface area contributed by atoms with Crippen LogP contribution in [0.15, 0.2) is 53.3 Å². The minimum absolute atomic E-state index is 0. The average molecular weight is 364 g/mol. The van der Waals surface area contributed by atoms with E-state index in [9.17, 15) is 9.90 Å². The number of para-hydroxylation sites is 1. The number of phenols is 1. The normalized spacial score (nSPS) is 10.7. The molecule has 1 aromatic heterocycles. The summed E-state index contributed by atoms with van der Waals surface area (Å²) in [5, 5.41) is 10.3. The van der Waals surface area contributed by atoms with Gasteiger partial charge in [-0.2, -0.15) is 0 Å². The maximum absolute atomic E-state index is 13.2. The number of hydrogen-bond acceptors (Lipinski definition) is 3. The zero-order chi connectivity index (χ0) is 18.8. The second kappa shape index (κ2) is 8.21. The van der Waals surface area contributed by atoms with Crippen molar-refractivity contribution in [2.45, 2.75) is 47.5 Å². The van der Waals surface area contributed by atoms with Crippen LogP contribution in [0.3, 0.4) is 0 Å². The van der Waals surface area contributed by atoms with Crippen molar-refractivity contribution in [1.82, 2.24) is 9.55 Å². The maximum Gasteiger partial charge on any atom is 0.261 e. The standard InChI is InChI=1S/C22H24N2O2.CH4/c1-5-18-15(4)23-21(19-8-6-7-9-20(19)25)24(22(18)26)17-12-10-16(11-13-17)14(2)3;/h6-14,25H,5H2,1-4H3;1H4. The Hall–Kier alpha value is -2.88. The van der Waals surface area contributed by atoms with Crippen molar-refractivity contribution in [3.8, 4) is 22.8 Å². The van der Waals surface area contributed by atoms with Gasteiger partial charge in [0.15, 0.2) is 5.82 Å². The van der Waals surface area contributed by atoms with E-state index in [1.807, 2.05) is 44.2 Å². The van der Waals surface area contributed by atoms with E-state index in [0.29, 0.717) is 35.0 Å². The third kappa shape index (κ3) is 3.80. The first-order valence-corrected chi connectivity index (χ1v) is 8.95. The second-order valence-electron chi connectivity index (χ2n) is 6.76. The Labute approximate surface area is 161 Å². The highest BCUT2D eigenvalue weighted by molar-refractivity contribution is 5.66. The van der Waals surface area contributed by atoms with Crippen LogP contribution in [-0.4, -0.2) is 14.7 Å². The molecule has 0 fully saturated rings. The van der Waals surface area contributed by atoms with E-state index in [2.05, 4.69) is 18.8 Å². The molecule has 0 aliphatic rings. The lowest BCUT2D eigenvalue weighted by Crippen LogP contribution is -2.26. The summed E-state index contributed by atoms with van der Waals surface area (Å²) < 4.78 is 1.60. The molecule has 0 amide bonds. The Bertz CT molecular complexity index is 986. The summed E-state index contributed by atoms with van der Waals surface area (Å²) in [5.74, 6) is 0.983. The topological polar surface area (TPSA) is 55.1 Å². The van der Waals surface area contributed by atoms with Crippen molar-refractivity contribution >= 4 is 0 Å². The van der Waals surface area contributed by atoms with Crippen molar-refractivity contribution < 1.29 is 5.11 Å². The molecule has 1 heterocycles. The van der Waals surface area contributed by atoms with E-state index >= 15 is 0 Å². The minimum Gasteiger partial charge on any atom is -0.507 e. The fourth-order valence-corrected chi connectivity index (χ4v) is 3.16. The van der Waals surface area contributed by atoms with Crippen LogP contribution < -0.4 is 5.56 Å². The highest BCUT2D eigenvalue weighted by Crippen LogP contribution is 2.29. The summed E-state index contributed by atoms with van der Waals surface area (Å²) in [6, 6.07) is 14.9. The summed E-state index contributed by atoms with van der Waals surface area (Å²) in [7, 11) is 0. The second-order valence-corrected chi connectivity index (χ2v) is 6.76. The van der Waals surface area contributed by atoms with Crippen LogP contribution in [-0.2, 0) is 6.42 Å². The molecule has 3 rings (SSSR count). The maximum atomic E-state index is 13.2. The summed E-state index contributed by atoms with van der Waals surface area (Å²) in [5.41, 5.74) is 3.81. The van der Waals surface area contributed by atoms with Gasteiger partial charge in [-0.25, -0.2) is 4.98 Å². The molecule has 4 heteroatoms. The number of phenolic OH excluding ortho intramolecular Hbond substituents is 1. The molecule has 0 spiro atoms. The van der Waals surface area contributed by atoms with Crippen molar-refractivity contribution in [2.24, 2.45) is 0 Å². The lowest BCUT2D eigenvalue weighted by atomic mass is 10.0. The smallest absolute Gasteiger partial charge is 0.261 e. The monoisotopic (exact) mass is 364 g/mol. The molecule has 0 bridgehead atoms. The summed E-state index contributed by atoms with van der Waals surface area (Å²) >= 11 is 0. The van der Waals surface area contributed by atoms with Crippen LogP contribution in [0.4, 0.5) is 0 Å². The molecule has 0 atom stereocenters. The number of aryl methyl sites for hydroxylation is 1. The third-order valence-corrected chi connectivity index (χ3v) is 4.70. The Morgan fingerprint density at radius 3 is 2.26 bits per heavy atom. The van der Waals surface area contributed by atoms with Gasteiger partial charge < -0.3 is 5.11 Å². The van der Waals surface area contributed by atoms with Crippen molar-refractivity contribution in [1.29, 1.82) is 0 Å². The Balaban J connectivity index is 0.00000261. The van der Waals surface area contributed by atoms with Gasteiger partial charge in [-0.3, -0.25) is 9.36 Å². The molecule has 0 aliphatic heterocycles. The molecule has 1 N–H and O–H groups in total. The molecule has 3 aromatic rings. The fraction of sp³-hybridized carbons (Fsp3) is 0.304. The summed E-state index contributed by atoms with van der Waals surface area (Å²) in [6.07, 6.45) is 0.614. The van der Waals surface area contributed by atoms with E-state index in [0.717, 1.165) is 5.69 Å². The van der Waals surface area contributed by atoms with Gasteiger partial charge in [0.1, 0.15) is 5.75 Å². The predicted octanol–water partition coefficient (Wildman–Crippen LogP) is 5.24. The average Bonchev–Trinajstić information content (AvgIpc) is 2.62. The number of aromatic hydroxyl groups is 1. The number of rotatable bonds is 4. The Kier molecular flexibility index (Phi) is 6.21. The molecule has 0 saturated carbocycles. The predicted molar refractivity (Wildman–Crippen MR) is 112 cm³/mol. The van der Waals surface area contributed by atoms with Crippen LogP contribution in [0.1, 0.15) is 50.9 Å². The fourth-order valence-electron chi connectivity index (χ4n) is 3.16. The van der Waals surface area contributed by atoms with Crippen LogP contribution in [0.5, 0.6) is 5.75 Å². The van der Waals surface area contributed by atoms with Gasteiger partial charge in [0, 0.05) is 11.3 Å². The minimum atomic E-state index is -0.0875. The van der Waals surface area contributed by atoms with Crippen LogP contribution in [0.25, 0.3) is 17.1 Å². The van der Waals surface area contributed by atoms with Crippen LogP contribution >= 0.6 is 0 Å². The van der Waals surface area contributed by atoms with E-state index in [4.69, 9.17) is 0 Å². The lowest BCUT2D eigenvalue weighted by Gasteiger charge is -2.17. The van der Waals surface area contributed by atoms with Crippen molar-refractivity contribution in [2.75, 3.05) is 0 Å². The molecule has 0 radical (unpaired) electrons. The van der Waals surface area contributed by atoms with Gasteiger partial charge in [0.2, 0.25) is 0 Å². The first-order valence-electron chi connectivity index (χ1n) is 8.95. The molecule has 0 aliphatic carbocycles. The molecule has 0 unspecified atom stereocenters. The molecule has 142 valence electrons. The van der Waals surface area contributed by atoms with Crippen molar-refractivity contribution in [3.63, 3.8) is 0 Å². The zero-order valence-electron chi connectivity index (χ0n) is 15.7. The molecule has 27 heavy (non-hydrogen) atoms. The van der Waals surface area contributed by atoms with E-state index in [-0.39, 0.29) is 18.7 Å². The van der Waals surface area contributed by atoms with Gasteiger partial charge in [0.05, 0.1) is 11.3 Å². The molecule has 4 nitrogen and oxygen atoms in total. The molecule has 0 saturated heterocycles. The zero-order valence-corrected chi connectivity index (χ0v) is 15.7. The first-order chi connectivity index (χ1) is 12.4. The number of aromatic nitrogens is 2. The van der Waals surface area contributed by atoms with Gasteiger partial charge in [0.25, 0.3) is 5.56 Å².